The van der Waals surface area contributed by atoms with Crippen LogP contribution in [0.25, 0.3) is 11.1 Å². The highest BCUT2D eigenvalue weighted by Gasteiger charge is 2.14. The van der Waals surface area contributed by atoms with Crippen LogP contribution in [0.2, 0.25) is 0 Å². The maximum atomic E-state index is 12.4. The van der Waals surface area contributed by atoms with Crippen molar-refractivity contribution in [3.05, 3.63) is 53.6 Å². The predicted molar refractivity (Wildman–Crippen MR) is 100 cm³/mol. The van der Waals surface area contributed by atoms with E-state index in [0.717, 1.165) is 17.5 Å². The van der Waals surface area contributed by atoms with Gasteiger partial charge in [0, 0.05) is 23.8 Å². The van der Waals surface area contributed by atoms with Gasteiger partial charge in [-0.1, -0.05) is 19.1 Å². The molecule has 26 heavy (non-hydrogen) atoms. The number of benzene rings is 2. The van der Waals surface area contributed by atoms with Crippen LogP contribution < -0.4 is 15.8 Å². The molecule has 2 amide bonds. The van der Waals surface area contributed by atoms with Gasteiger partial charge in [0.2, 0.25) is 5.91 Å². The lowest BCUT2D eigenvalue weighted by Gasteiger charge is -2.16. The van der Waals surface area contributed by atoms with Crippen molar-refractivity contribution in [3.8, 4) is 16.9 Å². The summed E-state index contributed by atoms with van der Waals surface area (Å²) in [7, 11) is 3.17. The van der Waals surface area contributed by atoms with E-state index in [0.29, 0.717) is 23.5 Å². The van der Waals surface area contributed by atoms with Crippen LogP contribution in [0.4, 0.5) is 0 Å². The number of carbonyl (C=O) groups is 2. The number of nitrogens with one attached hydrogen (secondary N) is 1. The number of amides is 2. The highest BCUT2D eigenvalue weighted by molar-refractivity contribution is 5.96. The van der Waals surface area contributed by atoms with Crippen molar-refractivity contribution in [1.82, 2.24) is 5.32 Å². The molecule has 0 fully saturated rings. The van der Waals surface area contributed by atoms with Crippen molar-refractivity contribution in [3.63, 3.8) is 0 Å². The fraction of sp³-hybridized carbons (Fsp3) is 0.300. The molecule has 0 spiro atoms. The average molecular weight is 356 g/mol. The second kappa shape index (κ2) is 9.01. The normalized spacial score (nSPS) is 11.7. The summed E-state index contributed by atoms with van der Waals surface area (Å²) in [5.74, 6) is -0.0368. The van der Waals surface area contributed by atoms with Crippen LogP contribution in [-0.4, -0.2) is 38.7 Å². The molecule has 0 saturated heterocycles. The van der Waals surface area contributed by atoms with Crippen molar-refractivity contribution in [2.24, 2.45) is 5.73 Å². The van der Waals surface area contributed by atoms with Gasteiger partial charge in [0.1, 0.15) is 5.75 Å². The zero-order valence-corrected chi connectivity index (χ0v) is 15.2. The number of methoxy groups -OCH3 is 2. The van der Waals surface area contributed by atoms with E-state index in [-0.39, 0.29) is 11.9 Å². The first-order valence-electron chi connectivity index (χ1n) is 8.38. The van der Waals surface area contributed by atoms with E-state index in [1.165, 1.54) is 0 Å². The molecule has 2 aromatic rings. The molecule has 0 bridgehead atoms. The summed E-state index contributed by atoms with van der Waals surface area (Å²) in [5.41, 5.74) is 7.86. The summed E-state index contributed by atoms with van der Waals surface area (Å²) >= 11 is 0. The van der Waals surface area contributed by atoms with Gasteiger partial charge in [0.05, 0.1) is 19.8 Å². The first kappa shape index (κ1) is 19.5. The van der Waals surface area contributed by atoms with Crippen LogP contribution in [0.1, 0.15) is 34.1 Å². The summed E-state index contributed by atoms with van der Waals surface area (Å²) in [4.78, 5) is 23.8. The zero-order chi connectivity index (χ0) is 19.1. The van der Waals surface area contributed by atoms with E-state index >= 15 is 0 Å². The van der Waals surface area contributed by atoms with Gasteiger partial charge in [-0.25, -0.2) is 0 Å². The highest BCUT2D eigenvalue weighted by atomic mass is 16.5. The quantitative estimate of drug-likeness (QED) is 0.761. The Bertz CT molecular complexity index is 772. The SMILES string of the molecule is CC[C@H](COC)NC(=O)c1ccc(-c2cc(C(N)=O)ccc2OC)cc1. The molecule has 2 rings (SSSR count). The summed E-state index contributed by atoms with van der Waals surface area (Å²) in [6.07, 6.45) is 0.786. The molecular weight excluding hydrogens is 332 g/mol. The minimum Gasteiger partial charge on any atom is -0.496 e. The first-order chi connectivity index (χ1) is 12.5. The zero-order valence-electron chi connectivity index (χ0n) is 15.2. The number of nitrogens with two attached hydrogens (primary N) is 1. The fourth-order valence-electron chi connectivity index (χ4n) is 2.62. The van der Waals surface area contributed by atoms with E-state index in [1.807, 2.05) is 19.1 Å². The lowest BCUT2D eigenvalue weighted by Crippen LogP contribution is -2.37. The molecule has 0 aliphatic carbocycles. The second-order valence-corrected chi connectivity index (χ2v) is 5.89. The van der Waals surface area contributed by atoms with Gasteiger partial charge in [0.25, 0.3) is 5.91 Å². The Morgan fingerprint density at radius 1 is 1.08 bits per heavy atom. The van der Waals surface area contributed by atoms with Crippen molar-refractivity contribution < 1.29 is 19.1 Å². The minimum atomic E-state index is -0.506. The molecule has 0 aliphatic rings. The maximum Gasteiger partial charge on any atom is 0.251 e. The first-order valence-corrected chi connectivity index (χ1v) is 8.38. The van der Waals surface area contributed by atoms with Crippen LogP contribution in [0.5, 0.6) is 5.75 Å². The van der Waals surface area contributed by atoms with Crippen LogP contribution in [0.15, 0.2) is 42.5 Å². The van der Waals surface area contributed by atoms with Gasteiger partial charge >= 0.3 is 0 Å². The molecule has 2 aromatic carbocycles. The van der Waals surface area contributed by atoms with E-state index in [1.54, 1.807) is 44.6 Å². The van der Waals surface area contributed by atoms with Crippen molar-refractivity contribution in [1.29, 1.82) is 0 Å². The third-order valence-corrected chi connectivity index (χ3v) is 4.14. The Hall–Kier alpha value is -2.86. The van der Waals surface area contributed by atoms with Gasteiger partial charge < -0.3 is 20.5 Å². The Morgan fingerprint density at radius 3 is 2.27 bits per heavy atom. The summed E-state index contributed by atoms with van der Waals surface area (Å²) in [5, 5.41) is 2.94. The maximum absolute atomic E-state index is 12.4. The fourth-order valence-corrected chi connectivity index (χ4v) is 2.62. The van der Waals surface area contributed by atoms with Gasteiger partial charge in [-0.3, -0.25) is 9.59 Å². The van der Waals surface area contributed by atoms with Crippen molar-refractivity contribution >= 4 is 11.8 Å². The smallest absolute Gasteiger partial charge is 0.251 e. The third-order valence-electron chi connectivity index (χ3n) is 4.14. The van der Waals surface area contributed by atoms with Gasteiger partial charge in [-0.05, 0) is 42.3 Å². The molecule has 0 heterocycles. The van der Waals surface area contributed by atoms with E-state index < -0.39 is 5.91 Å². The Kier molecular flexibility index (Phi) is 6.74. The third kappa shape index (κ3) is 4.61. The largest absolute Gasteiger partial charge is 0.496 e. The molecule has 0 radical (unpaired) electrons. The average Bonchev–Trinajstić information content (AvgIpc) is 2.67. The molecule has 1 atom stereocenters. The summed E-state index contributed by atoms with van der Waals surface area (Å²) < 4.78 is 10.5. The number of rotatable bonds is 8. The minimum absolute atomic E-state index is 0.0282. The highest BCUT2D eigenvalue weighted by Crippen LogP contribution is 2.31. The molecule has 0 saturated carbocycles. The Labute approximate surface area is 153 Å². The molecule has 138 valence electrons. The topological polar surface area (TPSA) is 90.6 Å². The number of hydrogen-bond acceptors (Lipinski definition) is 4. The molecular formula is C20H24N2O4. The van der Waals surface area contributed by atoms with E-state index in [9.17, 15) is 9.59 Å². The number of ether oxygens (including phenoxy) is 2. The molecule has 6 nitrogen and oxygen atoms in total. The summed E-state index contributed by atoms with van der Waals surface area (Å²) in [6, 6.07) is 12.1. The molecule has 0 unspecified atom stereocenters. The number of primary amides is 1. The van der Waals surface area contributed by atoms with Crippen LogP contribution in [-0.2, 0) is 4.74 Å². The lowest BCUT2D eigenvalue weighted by atomic mass is 10.00. The van der Waals surface area contributed by atoms with Crippen molar-refractivity contribution in [2.75, 3.05) is 20.8 Å². The van der Waals surface area contributed by atoms with Crippen LogP contribution in [0.3, 0.4) is 0 Å². The number of hydrogen-bond donors (Lipinski definition) is 2. The molecule has 0 aromatic heterocycles. The monoisotopic (exact) mass is 356 g/mol. The Morgan fingerprint density at radius 2 is 1.73 bits per heavy atom. The second-order valence-electron chi connectivity index (χ2n) is 5.89. The van der Waals surface area contributed by atoms with Crippen LogP contribution in [0, 0.1) is 0 Å². The van der Waals surface area contributed by atoms with Gasteiger partial charge in [0.15, 0.2) is 0 Å². The molecule has 0 aliphatic heterocycles. The predicted octanol–water partition coefficient (Wildman–Crippen LogP) is 2.62. The van der Waals surface area contributed by atoms with Crippen LogP contribution >= 0.6 is 0 Å². The lowest BCUT2D eigenvalue weighted by molar-refractivity contribution is 0.0894. The molecule has 6 heteroatoms. The van der Waals surface area contributed by atoms with Crippen molar-refractivity contribution in [2.45, 2.75) is 19.4 Å². The van der Waals surface area contributed by atoms with E-state index in [4.69, 9.17) is 15.2 Å². The summed E-state index contributed by atoms with van der Waals surface area (Å²) in [6.45, 7) is 2.46. The molecule has 3 N–H and O–H groups in total. The Balaban J connectivity index is 2.25. The number of carbonyl (C=O) groups excluding carboxylic acids is 2. The van der Waals surface area contributed by atoms with E-state index in [2.05, 4.69) is 5.32 Å². The van der Waals surface area contributed by atoms with Gasteiger partial charge in [-0.2, -0.15) is 0 Å². The standard InChI is InChI=1S/C20H24N2O4/c1-4-16(12-25-2)22-20(24)14-7-5-13(6-8-14)17-11-15(19(21)23)9-10-18(17)26-3/h5-11,16H,4,12H2,1-3H3,(H2,21,23)(H,22,24)/t16-/m1/s1. The van der Waals surface area contributed by atoms with Gasteiger partial charge in [-0.15, -0.1) is 0 Å².